The summed E-state index contributed by atoms with van der Waals surface area (Å²) < 4.78 is 5.63. The lowest BCUT2D eigenvalue weighted by atomic mass is 10.0. The summed E-state index contributed by atoms with van der Waals surface area (Å²) in [4.78, 5) is 15.3. The second kappa shape index (κ2) is 3.58. The molecule has 0 saturated heterocycles. The molecular weight excluding hydrogens is 218 g/mol. The molecule has 1 fully saturated rings. The maximum Gasteiger partial charge on any atom is 0.310 e. The Hall–Kier alpha value is -1.84. The maximum absolute atomic E-state index is 10.9. The fourth-order valence-corrected chi connectivity index (χ4v) is 1.88. The second-order valence-corrected chi connectivity index (χ2v) is 4.61. The SMILES string of the molecule is CC(C(=O)O)c1ccc2oc(C3CC3)nc2c1. The van der Waals surface area contributed by atoms with Gasteiger partial charge in [0.05, 0.1) is 5.92 Å². The van der Waals surface area contributed by atoms with Gasteiger partial charge in [0, 0.05) is 5.92 Å². The highest BCUT2D eigenvalue weighted by Gasteiger charge is 2.29. The number of carboxylic acids is 1. The Morgan fingerprint density at radius 2 is 2.29 bits per heavy atom. The highest BCUT2D eigenvalue weighted by molar-refractivity contribution is 5.79. The monoisotopic (exact) mass is 231 g/mol. The Morgan fingerprint density at radius 1 is 1.53 bits per heavy atom. The van der Waals surface area contributed by atoms with E-state index in [-0.39, 0.29) is 0 Å². The molecule has 88 valence electrons. The molecule has 4 heteroatoms. The molecule has 0 aliphatic heterocycles. The van der Waals surface area contributed by atoms with Crippen LogP contribution in [-0.2, 0) is 4.79 Å². The van der Waals surface area contributed by atoms with Gasteiger partial charge in [0.2, 0.25) is 0 Å². The van der Waals surface area contributed by atoms with Crippen LogP contribution in [0.2, 0.25) is 0 Å². The summed E-state index contributed by atoms with van der Waals surface area (Å²) in [6.07, 6.45) is 2.29. The van der Waals surface area contributed by atoms with Crippen molar-refractivity contribution < 1.29 is 14.3 Å². The van der Waals surface area contributed by atoms with Crippen LogP contribution in [0.1, 0.15) is 43.1 Å². The van der Waals surface area contributed by atoms with Crippen LogP contribution in [0.4, 0.5) is 0 Å². The Bertz CT molecular complexity index is 583. The molecule has 1 N–H and O–H groups in total. The summed E-state index contributed by atoms with van der Waals surface area (Å²) >= 11 is 0. The highest BCUT2D eigenvalue weighted by atomic mass is 16.4. The number of carbonyl (C=O) groups is 1. The fraction of sp³-hybridized carbons (Fsp3) is 0.385. The number of aliphatic carboxylic acids is 1. The van der Waals surface area contributed by atoms with E-state index in [0.29, 0.717) is 5.92 Å². The molecule has 1 atom stereocenters. The van der Waals surface area contributed by atoms with Crippen LogP contribution < -0.4 is 0 Å². The average molecular weight is 231 g/mol. The Balaban J connectivity index is 2.02. The molecule has 1 unspecified atom stereocenters. The molecule has 1 saturated carbocycles. The van der Waals surface area contributed by atoms with Crippen LogP contribution in [-0.4, -0.2) is 16.1 Å². The largest absolute Gasteiger partial charge is 0.481 e. The second-order valence-electron chi connectivity index (χ2n) is 4.61. The lowest BCUT2D eigenvalue weighted by Crippen LogP contribution is -2.06. The van der Waals surface area contributed by atoms with Gasteiger partial charge in [-0.05, 0) is 37.5 Å². The predicted molar refractivity (Wildman–Crippen MR) is 62.0 cm³/mol. The maximum atomic E-state index is 10.9. The van der Waals surface area contributed by atoms with Gasteiger partial charge in [-0.2, -0.15) is 0 Å². The first-order chi connectivity index (χ1) is 8.15. The molecule has 3 rings (SSSR count). The molecular formula is C13H13NO3. The normalized spacial score (nSPS) is 17.2. The first kappa shape index (κ1) is 10.3. The molecule has 1 aromatic heterocycles. The molecule has 1 aromatic carbocycles. The van der Waals surface area contributed by atoms with Crippen LogP contribution in [0.25, 0.3) is 11.1 Å². The zero-order valence-electron chi connectivity index (χ0n) is 9.51. The molecule has 0 spiro atoms. The number of hydrogen-bond donors (Lipinski definition) is 1. The molecule has 4 nitrogen and oxygen atoms in total. The van der Waals surface area contributed by atoms with Crippen molar-refractivity contribution in [1.29, 1.82) is 0 Å². The summed E-state index contributed by atoms with van der Waals surface area (Å²) in [5.41, 5.74) is 2.27. The third kappa shape index (κ3) is 1.79. The van der Waals surface area contributed by atoms with Gasteiger partial charge >= 0.3 is 5.97 Å². The van der Waals surface area contributed by atoms with Crippen molar-refractivity contribution in [3.63, 3.8) is 0 Å². The van der Waals surface area contributed by atoms with Gasteiger partial charge in [-0.15, -0.1) is 0 Å². The van der Waals surface area contributed by atoms with Gasteiger partial charge < -0.3 is 9.52 Å². The van der Waals surface area contributed by atoms with Gasteiger partial charge in [-0.3, -0.25) is 4.79 Å². The summed E-state index contributed by atoms with van der Waals surface area (Å²) in [5, 5.41) is 8.97. The van der Waals surface area contributed by atoms with E-state index in [4.69, 9.17) is 9.52 Å². The molecule has 1 aliphatic rings. The van der Waals surface area contributed by atoms with Crippen molar-refractivity contribution in [3.05, 3.63) is 29.7 Å². The molecule has 0 amide bonds. The molecule has 1 aliphatic carbocycles. The molecule has 0 bridgehead atoms. The van der Waals surface area contributed by atoms with Crippen molar-refractivity contribution in [2.75, 3.05) is 0 Å². The first-order valence-corrected chi connectivity index (χ1v) is 5.78. The third-order valence-corrected chi connectivity index (χ3v) is 3.23. The van der Waals surface area contributed by atoms with Gasteiger partial charge in [0.1, 0.15) is 5.52 Å². The molecule has 0 radical (unpaired) electrons. The number of nitrogens with zero attached hydrogens (tertiary/aromatic N) is 1. The minimum Gasteiger partial charge on any atom is -0.481 e. The van der Waals surface area contributed by atoms with E-state index in [1.54, 1.807) is 13.0 Å². The number of hydrogen-bond acceptors (Lipinski definition) is 3. The minimum absolute atomic E-state index is 0.475. The van der Waals surface area contributed by atoms with Crippen LogP contribution in [0.5, 0.6) is 0 Å². The number of rotatable bonds is 3. The number of benzene rings is 1. The minimum atomic E-state index is -0.824. The van der Waals surface area contributed by atoms with Crippen molar-refractivity contribution in [1.82, 2.24) is 4.98 Å². The summed E-state index contributed by atoms with van der Waals surface area (Å²) in [5.74, 6) is -0.0707. The Kier molecular flexibility index (Phi) is 2.18. The lowest BCUT2D eigenvalue weighted by Gasteiger charge is -2.04. The van der Waals surface area contributed by atoms with Crippen molar-refractivity contribution in [3.8, 4) is 0 Å². The quantitative estimate of drug-likeness (QED) is 0.882. The number of carboxylic acid groups (broad SMARTS) is 1. The third-order valence-electron chi connectivity index (χ3n) is 3.23. The lowest BCUT2D eigenvalue weighted by molar-refractivity contribution is -0.138. The van der Waals surface area contributed by atoms with Crippen LogP contribution in [0.15, 0.2) is 22.6 Å². The summed E-state index contributed by atoms with van der Waals surface area (Å²) in [7, 11) is 0. The van der Waals surface area contributed by atoms with E-state index < -0.39 is 11.9 Å². The van der Waals surface area contributed by atoms with Gasteiger partial charge in [-0.25, -0.2) is 4.98 Å². The first-order valence-electron chi connectivity index (χ1n) is 5.78. The van der Waals surface area contributed by atoms with Gasteiger partial charge in [0.15, 0.2) is 11.5 Å². The molecule has 2 aromatic rings. The predicted octanol–water partition coefficient (Wildman–Crippen LogP) is 2.89. The Morgan fingerprint density at radius 3 is 2.94 bits per heavy atom. The molecule has 17 heavy (non-hydrogen) atoms. The van der Waals surface area contributed by atoms with E-state index in [0.717, 1.165) is 35.4 Å². The van der Waals surface area contributed by atoms with E-state index >= 15 is 0 Å². The van der Waals surface area contributed by atoms with Crippen molar-refractivity contribution in [2.45, 2.75) is 31.6 Å². The van der Waals surface area contributed by atoms with E-state index in [2.05, 4.69) is 4.98 Å². The summed E-state index contributed by atoms with van der Waals surface area (Å²) in [6.45, 7) is 1.67. The van der Waals surface area contributed by atoms with Crippen LogP contribution in [0, 0.1) is 0 Å². The van der Waals surface area contributed by atoms with Crippen LogP contribution in [0.3, 0.4) is 0 Å². The number of oxazole rings is 1. The van der Waals surface area contributed by atoms with E-state index in [1.165, 1.54) is 0 Å². The smallest absolute Gasteiger partial charge is 0.310 e. The number of fused-ring (bicyclic) bond motifs is 1. The van der Waals surface area contributed by atoms with Crippen LogP contribution >= 0.6 is 0 Å². The van der Waals surface area contributed by atoms with E-state index in [1.807, 2.05) is 12.1 Å². The Labute approximate surface area is 98.3 Å². The zero-order chi connectivity index (χ0) is 12.0. The topological polar surface area (TPSA) is 63.3 Å². The van der Waals surface area contributed by atoms with Gasteiger partial charge in [-0.1, -0.05) is 6.07 Å². The summed E-state index contributed by atoms with van der Waals surface area (Å²) in [6, 6.07) is 5.41. The zero-order valence-corrected chi connectivity index (χ0v) is 9.51. The van der Waals surface area contributed by atoms with Crippen molar-refractivity contribution >= 4 is 17.1 Å². The fourth-order valence-electron chi connectivity index (χ4n) is 1.88. The average Bonchev–Trinajstić information content (AvgIpc) is 3.07. The van der Waals surface area contributed by atoms with Gasteiger partial charge in [0.25, 0.3) is 0 Å². The highest BCUT2D eigenvalue weighted by Crippen LogP contribution is 2.40. The van der Waals surface area contributed by atoms with Crippen molar-refractivity contribution in [2.24, 2.45) is 0 Å². The number of aromatic nitrogens is 1. The molecule has 1 heterocycles. The standard InChI is InChI=1S/C13H13NO3/c1-7(13(15)16)9-4-5-11-10(6-9)14-12(17-11)8-2-3-8/h4-8H,2-3H2,1H3,(H,15,16). The van der Waals surface area contributed by atoms with E-state index in [9.17, 15) is 4.79 Å².